The second-order valence-corrected chi connectivity index (χ2v) is 23.9. The minimum absolute atomic E-state index is 0.109. The summed E-state index contributed by atoms with van der Waals surface area (Å²) in [7, 11) is 0. The summed E-state index contributed by atoms with van der Waals surface area (Å²) in [6.45, 7) is 13.9. The van der Waals surface area contributed by atoms with E-state index in [9.17, 15) is 0 Å². The van der Waals surface area contributed by atoms with Gasteiger partial charge in [0.1, 0.15) is 23.0 Å². The summed E-state index contributed by atoms with van der Waals surface area (Å²) in [6.07, 6.45) is 0. The maximum absolute atomic E-state index is 7.10. The van der Waals surface area contributed by atoms with Crippen LogP contribution in [0.3, 0.4) is 0 Å². The van der Waals surface area contributed by atoms with E-state index in [2.05, 4.69) is 295 Å². The summed E-state index contributed by atoms with van der Waals surface area (Å²) in [6, 6.07) is 92.5. The van der Waals surface area contributed by atoms with Crippen molar-refractivity contribution in [3.63, 3.8) is 0 Å². The maximum atomic E-state index is 7.10. The molecule has 0 fully saturated rings. The number of rotatable bonds is 5. The van der Waals surface area contributed by atoms with Crippen LogP contribution in [0.1, 0.15) is 97.2 Å². The Labute approximate surface area is 464 Å². The Morgan fingerprint density at radius 1 is 0.291 bits per heavy atom. The van der Waals surface area contributed by atoms with Gasteiger partial charge in [-0.25, -0.2) is 0 Å². The summed E-state index contributed by atoms with van der Waals surface area (Å²) < 4.78 is 13.9. The zero-order valence-electron chi connectivity index (χ0n) is 45.4. The number of hydrogen-bond acceptors (Lipinski definition) is 3. The van der Waals surface area contributed by atoms with Gasteiger partial charge in [0.2, 0.25) is 0 Å². The highest BCUT2D eigenvalue weighted by molar-refractivity contribution is 6.01. The van der Waals surface area contributed by atoms with Crippen LogP contribution in [0.2, 0.25) is 0 Å². The standard InChI is InChI=1S/C76H59NO2/c1-73(2,3)51-39-43-70-64(45-51)76(65-46-52(74(4,5)6)40-44-71(65)79-70)59-27-14-11-25-57(59)72-62(76)30-20-32-67(72)77(66-31-17-12-23-54(66)50-37-35-49(36-38-50)48-21-8-7-9-22-48)53-41-42-56-55-24-10-13-26-58(55)75(63(56)47-53)60-28-15-18-33-68(60)78-69-34-19-16-29-61(69)75/h7-47H,1-6H3. The third kappa shape index (κ3) is 6.78. The van der Waals surface area contributed by atoms with Gasteiger partial charge < -0.3 is 14.4 Å². The molecule has 3 nitrogen and oxygen atoms in total. The summed E-state index contributed by atoms with van der Waals surface area (Å²) in [5, 5.41) is 0. The van der Waals surface area contributed by atoms with Gasteiger partial charge in [-0.2, -0.15) is 0 Å². The molecule has 0 saturated carbocycles. The summed E-state index contributed by atoms with van der Waals surface area (Å²) >= 11 is 0. The van der Waals surface area contributed by atoms with Crippen LogP contribution in [0.5, 0.6) is 23.0 Å². The molecule has 0 saturated heterocycles. The molecule has 0 unspecified atom stereocenters. The van der Waals surface area contributed by atoms with E-state index in [-0.39, 0.29) is 10.8 Å². The molecular weight excluding hydrogens is 959 g/mol. The highest BCUT2D eigenvalue weighted by Crippen LogP contribution is 2.67. The molecule has 3 heteroatoms. The Morgan fingerprint density at radius 2 is 0.734 bits per heavy atom. The maximum Gasteiger partial charge on any atom is 0.132 e. The van der Waals surface area contributed by atoms with E-state index in [1.165, 1.54) is 77.9 Å². The first-order valence-corrected chi connectivity index (χ1v) is 27.8. The zero-order chi connectivity index (χ0) is 53.4. The van der Waals surface area contributed by atoms with Gasteiger partial charge in [-0.15, -0.1) is 0 Å². The number of anilines is 3. The molecule has 2 heterocycles. The van der Waals surface area contributed by atoms with Crippen LogP contribution in [0.25, 0.3) is 44.5 Å². The SMILES string of the molecule is CC(C)(C)c1ccc2c(c1)C1(c3cc(C(C)(C)C)ccc3O2)c2ccccc2-c2c(N(c3ccc4c(c3)C3(c5ccccc5Oc5ccccc53)c3ccccc3-4)c3ccccc3-c3ccc(-c4ccccc4)cc3)cccc21. The summed E-state index contributed by atoms with van der Waals surface area (Å²) in [5.41, 5.74) is 23.3. The van der Waals surface area contributed by atoms with Crippen LogP contribution in [0.15, 0.2) is 249 Å². The van der Waals surface area contributed by atoms with Crippen molar-refractivity contribution in [2.75, 3.05) is 4.90 Å². The van der Waals surface area contributed by atoms with Gasteiger partial charge in [0.15, 0.2) is 0 Å². The number of para-hydroxylation sites is 3. The van der Waals surface area contributed by atoms with E-state index in [0.29, 0.717) is 0 Å². The monoisotopic (exact) mass is 1020 g/mol. The van der Waals surface area contributed by atoms with E-state index in [4.69, 9.17) is 9.47 Å². The molecule has 4 aliphatic rings. The number of hydrogen-bond donors (Lipinski definition) is 0. The van der Waals surface area contributed by atoms with Gasteiger partial charge in [0, 0.05) is 39.1 Å². The van der Waals surface area contributed by atoms with Crippen LogP contribution >= 0.6 is 0 Å². The van der Waals surface area contributed by atoms with E-state index >= 15 is 0 Å². The molecule has 0 bridgehead atoms. The molecule has 2 aliphatic heterocycles. The lowest BCUT2D eigenvalue weighted by Gasteiger charge is -2.41. The number of fused-ring (bicyclic) bond motifs is 18. The largest absolute Gasteiger partial charge is 0.457 e. The van der Waals surface area contributed by atoms with Crippen molar-refractivity contribution in [2.45, 2.75) is 63.2 Å². The number of nitrogens with zero attached hydrogens (tertiary/aromatic N) is 1. The van der Waals surface area contributed by atoms with E-state index in [1.54, 1.807) is 0 Å². The molecule has 0 radical (unpaired) electrons. The van der Waals surface area contributed by atoms with Crippen molar-refractivity contribution in [3.05, 3.63) is 304 Å². The lowest BCUT2D eigenvalue weighted by atomic mass is 9.64. The highest BCUT2D eigenvalue weighted by atomic mass is 16.5. The van der Waals surface area contributed by atoms with Crippen molar-refractivity contribution in [2.24, 2.45) is 0 Å². The molecular formula is C76H59NO2. The molecule has 0 aromatic heterocycles. The average molecular weight is 1020 g/mol. The summed E-state index contributed by atoms with van der Waals surface area (Å²) in [5.74, 6) is 3.52. The predicted octanol–water partition coefficient (Wildman–Crippen LogP) is 20.0. The van der Waals surface area contributed by atoms with E-state index in [1.807, 2.05) is 0 Å². The Bertz CT molecular complexity index is 4170. The molecule has 380 valence electrons. The molecule has 79 heavy (non-hydrogen) atoms. The lowest BCUT2D eigenvalue weighted by molar-refractivity contribution is 0.433. The summed E-state index contributed by atoms with van der Waals surface area (Å²) in [4.78, 5) is 2.57. The average Bonchev–Trinajstić information content (AvgIpc) is 2.52. The van der Waals surface area contributed by atoms with Crippen LogP contribution < -0.4 is 14.4 Å². The lowest BCUT2D eigenvalue weighted by Crippen LogP contribution is -2.33. The third-order valence-electron chi connectivity index (χ3n) is 17.5. The van der Waals surface area contributed by atoms with Crippen LogP contribution in [0, 0.1) is 0 Å². The normalized spacial score (nSPS) is 14.4. The van der Waals surface area contributed by atoms with Crippen molar-refractivity contribution in [1.29, 1.82) is 0 Å². The van der Waals surface area contributed by atoms with Gasteiger partial charge in [-0.3, -0.25) is 0 Å². The van der Waals surface area contributed by atoms with E-state index in [0.717, 1.165) is 62.3 Å². The molecule has 0 atom stereocenters. The second kappa shape index (κ2) is 17.2. The highest BCUT2D eigenvalue weighted by Gasteiger charge is 2.54. The zero-order valence-corrected chi connectivity index (χ0v) is 45.4. The van der Waals surface area contributed by atoms with Crippen LogP contribution in [-0.2, 0) is 21.7 Å². The van der Waals surface area contributed by atoms with Crippen molar-refractivity contribution in [3.8, 4) is 67.5 Å². The van der Waals surface area contributed by atoms with Gasteiger partial charge in [-0.1, -0.05) is 230 Å². The van der Waals surface area contributed by atoms with E-state index < -0.39 is 10.8 Å². The fraction of sp³-hybridized carbons (Fsp3) is 0.132. The first-order valence-electron chi connectivity index (χ1n) is 27.8. The van der Waals surface area contributed by atoms with Crippen LogP contribution in [0.4, 0.5) is 17.1 Å². The van der Waals surface area contributed by atoms with Crippen molar-refractivity contribution in [1.82, 2.24) is 0 Å². The van der Waals surface area contributed by atoms with Gasteiger partial charge in [0.25, 0.3) is 0 Å². The smallest absolute Gasteiger partial charge is 0.132 e. The molecule has 2 aliphatic carbocycles. The van der Waals surface area contributed by atoms with Gasteiger partial charge in [-0.05, 0) is 138 Å². The van der Waals surface area contributed by atoms with Gasteiger partial charge in [0.05, 0.1) is 22.2 Å². The first kappa shape index (κ1) is 47.1. The molecule has 15 rings (SSSR count). The van der Waals surface area contributed by atoms with Crippen molar-refractivity contribution < 1.29 is 9.47 Å². The van der Waals surface area contributed by atoms with Crippen molar-refractivity contribution >= 4 is 17.1 Å². The topological polar surface area (TPSA) is 21.7 Å². The third-order valence-corrected chi connectivity index (χ3v) is 17.5. The molecule has 0 amide bonds. The molecule has 11 aromatic rings. The van der Waals surface area contributed by atoms with Gasteiger partial charge >= 0.3 is 0 Å². The molecule has 0 N–H and O–H groups in total. The quantitative estimate of drug-likeness (QED) is 0.171. The molecule has 11 aromatic carbocycles. The number of ether oxygens (including phenoxy) is 2. The number of benzene rings is 11. The fourth-order valence-electron chi connectivity index (χ4n) is 13.9. The second-order valence-electron chi connectivity index (χ2n) is 23.9. The first-order chi connectivity index (χ1) is 38.4. The Kier molecular flexibility index (Phi) is 10.2. The predicted molar refractivity (Wildman–Crippen MR) is 324 cm³/mol. The molecule has 2 spiro atoms. The van der Waals surface area contributed by atoms with Crippen LogP contribution in [-0.4, -0.2) is 0 Å². The Morgan fingerprint density at radius 3 is 1.35 bits per heavy atom. The fourth-order valence-corrected chi connectivity index (χ4v) is 13.9. The minimum Gasteiger partial charge on any atom is -0.457 e. The minimum atomic E-state index is -0.717. The Hall–Kier alpha value is -9.18. The Balaban J connectivity index is 1.04.